The van der Waals surface area contributed by atoms with Gasteiger partial charge in [-0.15, -0.1) is 0 Å². The highest BCUT2D eigenvalue weighted by atomic mass is 32.2. The van der Waals surface area contributed by atoms with Crippen LogP contribution in [0.2, 0.25) is 0 Å². The third-order valence-corrected chi connectivity index (χ3v) is 9.65. The first kappa shape index (κ1) is 28.2. The van der Waals surface area contributed by atoms with Gasteiger partial charge >= 0.3 is 6.09 Å². The Morgan fingerprint density at radius 2 is 1.86 bits per heavy atom. The fraction of sp³-hybridized carbons (Fsp3) is 0.312. The topological polar surface area (TPSA) is 112 Å². The number of amides is 2. The largest absolute Gasteiger partial charge is 0.444 e. The van der Waals surface area contributed by atoms with E-state index in [2.05, 4.69) is 5.10 Å². The van der Waals surface area contributed by atoms with Crippen LogP contribution in [0, 0.1) is 0 Å². The molecule has 5 aromatic rings. The number of carbonyl (C=O) groups is 2. The summed E-state index contributed by atoms with van der Waals surface area (Å²) < 4.78 is 23.2. The predicted octanol–water partition coefficient (Wildman–Crippen LogP) is 4.95. The lowest BCUT2D eigenvalue weighted by Gasteiger charge is -2.26. The van der Waals surface area contributed by atoms with Crippen molar-refractivity contribution in [1.82, 2.24) is 23.6 Å². The highest BCUT2D eigenvalue weighted by Crippen LogP contribution is 2.52. The molecule has 1 spiro atoms. The monoisotopic (exact) mass is 612 g/mol. The number of hydrogen-bond acceptors (Lipinski definition) is 7. The maximum atomic E-state index is 14.2. The summed E-state index contributed by atoms with van der Waals surface area (Å²) >= 11 is 0. The third-order valence-electron chi connectivity index (χ3n) is 8.34. The van der Waals surface area contributed by atoms with Gasteiger partial charge in [0.2, 0.25) is 0 Å². The molecule has 0 aliphatic carbocycles. The lowest BCUT2D eigenvalue weighted by Crippen LogP contribution is -2.43. The maximum Gasteiger partial charge on any atom is 0.410 e. The molecule has 12 heteroatoms. The smallest absolute Gasteiger partial charge is 0.410 e. The summed E-state index contributed by atoms with van der Waals surface area (Å²) in [5.74, 6) is -0.277. The Morgan fingerprint density at radius 1 is 1.09 bits per heavy atom. The number of nitrogens with zero attached hydrogens (tertiary/aromatic N) is 6. The number of anilines is 1. The molecule has 2 unspecified atom stereocenters. The van der Waals surface area contributed by atoms with Crippen LogP contribution in [0.4, 0.5) is 10.5 Å². The number of hydrogen-bond donors (Lipinski definition) is 0. The van der Waals surface area contributed by atoms with E-state index < -0.39 is 28.1 Å². The summed E-state index contributed by atoms with van der Waals surface area (Å²) in [4.78, 5) is 40.0. The van der Waals surface area contributed by atoms with Crippen molar-refractivity contribution in [2.75, 3.05) is 25.3 Å². The number of fused-ring (bicyclic) bond motifs is 5. The van der Waals surface area contributed by atoms with Crippen molar-refractivity contribution in [3.05, 3.63) is 72.7 Å². The molecule has 7 rings (SSSR count). The number of aromatic nitrogens is 4. The molecule has 0 bridgehead atoms. The predicted molar refractivity (Wildman–Crippen MR) is 166 cm³/mol. The minimum absolute atomic E-state index is 0.112. The van der Waals surface area contributed by atoms with Gasteiger partial charge in [-0.2, -0.15) is 10.2 Å². The Kier molecular flexibility index (Phi) is 6.41. The van der Waals surface area contributed by atoms with Gasteiger partial charge in [-0.1, -0.05) is 24.3 Å². The number of rotatable bonds is 4. The summed E-state index contributed by atoms with van der Waals surface area (Å²) in [5.41, 5.74) is 2.46. The molecule has 2 aliphatic heterocycles. The molecular weight excluding hydrogens is 580 g/mol. The van der Waals surface area contributed by atoms with E-state index in [4.69, 9.17) is 14.6 Å². The summed E-state index contributed by atoms with van der Waals surface area (Å²) in [6, 6.07) is 15.2. The Labute approximate surface area is 256 Å². The van der Waals surface area contributed by atoms with Gasteiger partial charge in [-0.05, 0) is 57.0 Å². The number of hydroxylamine groups is 1. The van der Waals surface area contributed by atoms with Gasteiger partial charge in [0.15, 0.2) is 16.6 Å². The van der Waals surface area contributed by atoms with Crippen LogP contribution in [0.25, 0.3) is 33.1 Å². The molecule has 2 aromatic carbocycles. The number of ether oxygens (including phenoxy) is 1. The molecular formula is C32H32N6O5S. The minimum Gasteiger partial charge on any atom is -0.444 e. The van der Waals surface area contributed by atoms with E-state index in [1.54, 1.807) is 25.9 Å². The number of pyridine rings is 1. The number of benzene rings is 2. The lowest BCUT2D eigenvalue weighted by molar-refractivity contribution is -0.128. The van der Waals surface area contributed by atoms with Crippen molar-refractivity contribution >= 4 is 50.6 Å². The molecule has 226 valence electrons. The third kappa shape index (κ3) is 4.23. The van der Waals surface area contributed by atoms with Crippen LogP contribution < -0.4 is 5.06 Å². The number of aryl methyl sites for hydroxylation is 1. The zero-order valence-corrected chi connectivity index (χ0v) is 25.9. The quantitative estimate of drug-likeness (QED) is 0.282. The first-order valence-electron chi connectivity index (χ1n) is 14.3. The molecule has 11 nitrogen and oxygen atoms in total. The summed E-state index contributed by atoms with van der Waals surface area (Å²) in [7, 11) is 1.70. The molecule has 1 fully saturated rings. The summed E-state index contributed by atoms with van der Waals surface area (Å²) in [5, 5.41) is 7.29. The van der Waals surface area contributed by atoms with Gasteiger partial charge in [0.05, 0.1) is 41.0 Å². The molecule has 1 saturated heterocycles. The van der Waals surface area contributed by atoms with Crippen molar-refractivity contribution in [3.63, 3.8) is 0 Å². The van der Waals surface area contributed by atoms with E-state index in [9.17, 15) is 13.8 Å². The average molecular weight is 613 g/mol. The summed E-state index contributed by atoms with van der Waals surface area (Å²) in [6.45, 7) is 5.89. The van der Waals surface area contributed by atoms with Crippen LogP contribution in [0.3, 0.4) is 0 Å². The van der Waals surface area contributed by atoms with E-state index in [-0.39, 0.29) is 12.5 Å². The maximum absolute atomic E-state index is 14.2. The first-order chi connectivity index (χ1) is 21.0. The van der Waals surface area contributed by atoms with Crippen LogP contribution in [-0.2, 0) is 37.8 Å². The highest BCUT2D eigenvalue weighted by Gasteiger charge is 2.58. The molecule has 0 radical (unpaired) electrons. The van der Waals surface area contributed by atoms with Crippen LogP contribution in [0.5, 0.6) is 0 Å². The van der Waals surface area contributed by atoms with Crippen LogP contribution >= 0.6 is 0 Å². The van der Waals surface area contributed by atoms with Gasteiger partial charge < -0.3 is 9.64 Å². The Bertz CT molecular complexity index is 2000. The fourth-order valence-corrected chi connectivity index (χ4v) is 7.50. The normalized spacial score (nSPS) is 19.0. The minimum atomic E-state index is -1.63. The molecule has 2 amide bonds. The molecule has 5 heterocycles. The lowest BCUT2D eigenvalue weighted by atomic mass is 9.79. The van der Waals surface area contributed by atoms with Crippen molar-refractivity contribution in [2.24, 2.45) is 7.05 Å². The van der Waals surface area contributed by atoms with Crippen molar-refractivity contribution in [2.45, 2.75) is 43.1 Å². The molecule has 2 aliphatic rings. The van der Waals surface area contributed by atoms with Gasteiger partial charge in [0, 0.05) is 48.2 Å². The second-order valence-corrected chi connectivity index (χ2v) is 13.6. The zero-order chi connectivity index (χ0) is 31.0. The van der Waals surface area contributed by atoms with Crippen molar-refractivity contribution in [3.8, 4) is 11.1 Å². The van der Waals surface area contributed by atoms with E-state index in [0.717, 1.165) is 22.0 Å². The molecule has 2 atom stereocenters. The standard InChI is InChI=1S/C32H32N6O5S/c1-31(2,3)43-30(40)36-14-13-32(19-36)27-25(38(42-5)29(32)39)17-33-28-26(27)23(18-37(28)44(41)22-9-7-6-8-10-22)20-11-12-24-21(15-20)16-34-35(24)4/h6-12,15-18H,13-14,19H2,1-5H3. The van der Waals surface area contributed by atoms with E-state index in [0.29, 0.717) is 40.1 Å². The first-order valence-corrected chi connectivity index (χ1v) is 15.4. The summed E-state index contributed by atoms with van der Waals surface area (Å²) in [6.07, 6.45) is 5.13. The van der Waals surface area contributed by atoms with Gasteiger partial charge in [0.25, 0.3) is 5.91 Å². The number of carbonyl (C=O) groups excluding carboxylic acids is 2. The van der Waals surface area contributed by atoms with Crippen LogP contribution in [-0.4, -0.2) is 65.6 Å². The average Bonchev–Trinajstić information content (AvgIpc) is 3.76. The second-order valence-electron chi connectivity index (χ2n) is 12.2. The van der Waals surface area contributed by atoms with Gasteiger partial charge in [-0.25, -0.2) is 18.0 Å². The molecule has 3 aromatic heterocycles. The SMILES string of the molecule is CON1C(=O)C2(CCN(C(=O)OC(C)(C)C)C2)c2c1cnc1c2c(-c2ccc3c(cnn3C)c2)cn1S(=O)c1ccccc1. The second kappa shape index (κ2) is 10.00. The molecule has 0 saturated carbocycles. The van der Waals surface area contributed by atoms with E-state index in [1.165, 1.54) is 12.2 Å². The molecule has 0 N–H and O–H groups in total. The van der Waals surface area contributed by atoms with Crippen LogP contribution in [0.15, 0.2) is 72.0 Å². The van der Waals surface area contributed by atoms with Gasteiger partial charge in [-0.3, -0.25) is 14.3 Å². The fourth-order valence-electron chi connectivity index (χ4n) is 6.38. The Hall–Kier alpha value is -4.55. The van der Waals surface area contributed by atoms with Crippen molar-refractivity contribution < 1.29 is 23.4 Å². The Balaban J connectivity index is 1.48. The van der Waals surface area contributed by atoms with Gasteiger partial charge in [0.1, 0.15) is 5.60 Å². The van der Waals surface area contributed by atoms with Crippen molar-refractivity contribution in [1.29, 1.82) is 0 Å². The zero-order valence-electron chi connectivity index (χ0n) is 25.1. The van der Waals surface area contributed by atoms with E-state index >= 15 is 0 Å². The number of likely N-dealkylation sites (tertiary alicyclic amines) is 1. The van der Waals surface area contributed by atoms with E-state index in [1.807, 2.05) is 82.5 Å². The van der Waals surface area contributed by atoms with Crippen LogP contribution in [0.1, 0.15) is 32.8 Å². The molecule has 44 heavy (non-hydrogen) atoms. The Morgan fingerprint density at radius 3 is 2.59 bits per heavy atom. The highest BCUT2D eigenvalue weighted by molar-refractivity contribution is 7.83.